The molecule has 0 aromatic carbocycles. The third kappa shape index (κ3) is 3.25. The van der Waals surface area contributed by atoms with Crippen LogP contribution in [0, 0.1) is 0 Å². The van der Waals surface area contributed by atoms with Gasteiger partial charge in [-0.2, -0.15) is 0 Å². The molecule has 0 spiro atoms. The molecule has 0 aliphatic carbocycles. The predicted molar refractivity (Wildman–Crippen MR) is 76.5 cm³/mol. The van der Waals surface area contributed by atoms with Crippen molar-refractivity contribution in [3.8, 4) is 0 Å². The fourth-order valence-electron chi connectivity index (χ4n) is 2.30. The Morgan fingerprint density at radius 2 is 1.89 bits per heavy atom. The molecule has 0 bridgehead atoms. The molecule has 0 unspecified atom stereocenters. The topological polar surface area (TPSA) is 36.4 Å². The summed E-state index contributed by atoms with van der Waals surface area (Å²) in [6.45, 7) is 9.89. The van der Waals surface area contributed by atoms with Gasteiger partial charge in [-0.15, -0.1) is 0 Å². The maximum atomic E-state index is 12.4. The quantitative estimate of drug-likeness (QED) is 0.792. The van der Waals surface area contributed by atoms with E-state index in [0.29, 0.717) is 10.6 Å². The molecule has 104 valence electrons. The first-order chi connectivity index (χ1) is 8.89. The second kappa shape index (κ2) is 5.47. The molecule has 4 nitrogen and oxygen atoms in total. The molecule has 0 atom stereocenters. The number of nitrogens with zero attached hydrogens (tertiary/aromatic N) is 3. The Morgan fingerprint density at radius 3 is 2.42 bits per heavy atom. The van der Waals surface area contributed by atoms with Crippen molar-refractivity contribution >= 4 is 17.5 Å². The first-order valence-electron chi connectivity index (χ1n) is 6.53. The number of rotatable bonds is 1. The number of pyridine rings is 1. The van der Waals surface area contributed by atoms with E-state index in [1.807, 2.05) is 4.90 Å². The van der Waals surface area contributed by atoms with E-state index in [9.17, 15) is 4.79 Å². The monoisotopic (exact) mass is 281 g/mol. The van der Waals surface area contributed by atoms with Gasteiger partial charge in [0, 0.05) is 44.1 Å². The minimum Gasteiger partial charge on any atom is -0.336 e. The van der Waals surface area contributed by atoms with Gasteiger partial charge in [0.2, 0.25) is 0 Å². The Labute approximate surface area is 119 Å². The van der Waals surface area contributed by atoms with Gasteiger partial charge in [0.1, 0.15) is 0 Å². The number of amides is 1. The Kier molecular flexibility index (Phi) is 4.11. The highest BCUT2D eigenvalue weighted by molar-refractivity contribution is 6.33. The molecule has 1 fully saturated rings. The Balaban J connectivity index is 2.03. The number of hydrogen-bond donors (Lipinski definition) is 0. The lowest BCUT2D eigenvalue weighted by atomic mass is 10.0. The van der Waals surface area contributed by atoms with Crippen LogP contribution in [-0.2, 0) is 0 Å². The van der Waals surface area contributed by atoms with Crippen molar-refractivity contribution in [1.29, 1.82) is 0 Å². The van der Waals surface area contributed by atoms with E-state index >= 15 is 0 Å². The van der Waals surface area contributed by atoms with Crippen molar-refractivity contribution in [2.24, 2.45) is 0 Å². The number of carbonyl (C=O) groups is 1. The number of aromatic nitrogens is 1. The van der Waals surface area contributed by atoms with Gasteiger partial charge in [0.15, 0.2) is 0 Å². The fraction of sp³-hybridized carbons (Fsp3) is 0.571. The summed E-state index contributed by atoms with van der Waals surface area (Å²) in [4.78, 5) is 20.5. The summed E-state index contributed by atoms with van der Waals surface area (Å²) >= 11 is 6.02. The Bertz CT molecular complexity index is 462. The minimum absolute atomic E-state index is 0.000888. The SMILES string of the molecule is CC(C)(C)N1CCN(C(=O)c2ccncc2Cl)CC1. The zero-order valence-electron chi connectivity index (χ0n) is 11.7. The summed E-state index contributed by atoms with van der Waals surface area (Å²) in [6.07, 6.45) is 3.12. The van der Waals surface area contributed by atoms with Crippen LogP contribution >= 0.6 is 11.6 Å². The average Bonchev–Trinajstić information content (AvgIpc) is 2.38. The highest BCUT2D eigenvalue weighted by Crippen LogP contribution is 2.19. The van der Waals surface area contributed by atoms with Gasteiger partial charge in [-0.1, -0.05) is 11.6 Å². The van der Waals surface area contributed by atoms with Crippen LogP contribution in [0.15, 0.2) is 18.5 Å². The summed E-state index contributed by atoms with van der Waals surface area (Å²) in [7, 11) is 0. The summed E-state index contributed by atoms with van der Waals surface area (Å²) in [5.74, 6) is 0.000888. The normalized spacial score (nSPS) is 17.6. The van der Waals surface area contributed by atoms with Gasteiger partial charge in [0.05, 0.1) is 10.6 Å². The van der Waals surface area contributed by atoms with Crippen molar-refractivity contribution in [3.63, 3.8) is 0 Å². The molecule has 1 saturated heterocycles. The second-order valence-electron chi connectivity index (χ2n) is 5.81. The number of carbonyl (C=O) groups excluding carboxylic acids is 1. The van der Waals surface area contributed by atoms with Gasteiger partial charge in [0.25, 0.3) is 5.91 Å². The van der Waals surface area contributed by atoms with Crippen molar-refractivity contribution in [2.45, 2.75) is 26.3 Å². The van der Waals surface area contributed by atoms with E-state index in [1.54, 1.807) is 12.3 Å². The Morgan fingerprint density at radius 1 is 1.26 bits per heavy atom. The van der Waals surface area contributed by atoms with Gasteiger partial charge in [-0.05, 0) is 26.8 Å². The van der Waals surface area contributed by atoms with Crippen LogP contribution in [0.2, 0.25) is 5.02 Å². The van der Waals surface area contributed by atoms with Crippen LogP contribution in [0.5, 0.6) is 0 Å². The first kappa shape index (κ1) is 14.3. The molecule has 2 heterocycles. The lowest BCUT2D eigenvalue weighted by Crippen LogP contribution is -2.54. The predicted octanol–water partition coefficient (Wildman–Crippen LogP) is 2.29. The molecule has 1 amide bonds. The molecular weight excluding hydrogens is 262 g/mol. The molecule has 1 aromatic rings. The van der Waals surface area contributed by atoms with E-state index in [-0.39, 0.29) is 11.4 Å². The molecule has 1 aliphatic rings. The number of piperazine rings is 1. The second-order valence-corrected chi connectivity index (χ2v) is 6.21. The highest BCUT2D eigenvalue weighted by Gasteiger charge is 2.28. The van der Waals surface area contributed by atoms with Crippen LogP contribution in [-0.4, -0.2) is 52.4 Å². The zero-order chi connectivity index (χ0) is 14.0. The molecule has 0 N–H and O–H groups in total. The smallest absolute Gasteiger partial charge is 0.255 e. The summed E-state index contributed by atoms with van der Waals surface area (Å²) < 4.78 is 0. The van der Waals surface area contributed by atoms with Crippen molar-refractivity contribution in [2.75, 3.05) is 26.2 Å². The van der Waals surface area contributed by atoms with Gasteiger partial charge < -0.3 is 4.90 Å². The van der Waals surface area contributed by atoms with Crippen LogP contribution in [0.25, 0.3) is 0 Å². The van der Waals surface area contributed by atoms with Gasteiger partial charge >= 0.3 is 0 Å². The lowest BCUT2D eigenvalue weighted by Gasteiger charge is -2.42. The van der Waals surface area contributed by atoms with Crippen LogP contribution in [0.3, 0.4) is 0 Å². The highest BCUT2D eigenvalue weighted by atomic mass is 35.5. The van der Waals surface area contributed by atoms with E-state index < -0.39 is 0 Å². The molecule has 5 heteroatoms. The summed E-state index contributed by atoms with van der Waals surface area (Å²) in [5.41, 5.74) is 0.699. The van der Waals surface area contributed by atoms with Crippen molar-refractivity contribution in [3.05, 3.63) is 29.0 Å². The molecule has 2 rings (SSSR count). The van der Waals surface area contributed by atoms with Crippen LogP contribution < -0.4 is 0 Å². The van der Waals surface area contributed by atoms with E-state index in [4.69, 9.17) is 11.6 Å². The molecule has 1 aliphatic heterocycles. The van der Waals surface area contributed by atoms with E-state index in [1.165, 1.54) is 6.20 Å². The minimum atomic E-state index is 0.000888. The summed E-state index contributed by atoms with van der Waals surface area (Å²) in [6, 6.07) is 1.68. The average molecular weight is 282 g/mol. The van der Waals surface area contributed by atoms with E-state index in [0.717, 1.165) is 26.2 Å². The third-order valence-corrected chi connectivity index (χ3v) is 3.82. The Hall–Kier alpha value is -1.13. The number of halogens is 1. The maximum absolute atomic E-state index is 12.4. The molecule has 0 saturated carbocycles. The fourth-order valence-corrected chi connectivity index (χ4v) is 2.50. The maximum Gasteiger partial charge on any atom is 0.255 e. The zero-order valence-corrected chi connectivity index (χ0v) is 12.4. The van der Waals surface area contributed by atoms with Gasteiger partial charge in [-0.25, -0.2) is 0 Å². The first-order valence-corrected chi connectivity index (χ1v) is 6.91. The number of hydrogen-bond acceptors (Lipinski definition) is 3. The lowest BCUT2D eigenvalue weighted by molar-refractivity contribution is 0.0451. The molecule has 1 aromatic heterocycles. The van der Waals surface area contributed by atoms with Gasteiger partial charge in [-0.3, -0.25) is 14.7 Å². The van der Waals surface area contributed by atoms with Crippen molar-refractivity contribution < 1.29 is 4.79 Å². The molecule has 19 heavy (non-hydrogen) atoms. The van der Waals surface area contributed by atoms with E-state index in [2.05, 4.69) is 30.7 Å². The van der Waals surface area contributed by atoms with Crippen LogP contribution in [0.4, 0.5) is 0 Å². The summed E-state index contributed by atoms with van der Waals surface area (Å²) in [5, 5.41) is 0.422. The molecule has 0 radical (unpaired) electrons. The largest absolute Gasteiger partial charge is 0.336 e. The molecular formula is C14H20ClN3O. The van der Waals surface area contributed by atoms with Crippen LogP contribution in [0.1, 0.15) is 31.1 Å². The van der Waals surface area contributed by atoms with Crippen molar-refractivity contribution in [1.82, 2.24) is 14.8 Å². The third-order valence-electron chi connectivity index (χ3n) is 3.52. The standard InChI is InChI=1S/C14H20ClN3O/c1-14(2,3)18-8-6-17(7-9-18)13(19)11-4-5-16-10-12(11)15/h4-5,10H,6-9H2,1-3H3.